The van der Waals surface area contributed by atoms with Crippen LogP contribution < -0.4 is 10.6 Å². The highest BCUT2D eigenvalue weighted by Crippen LogP contribution is 2.30. The lowest BCUT2D eigenvalue weighted by molar-refractivity contribution is 0.0977. The van der Waals surface area contributed by atoms with Crippen LogP contribution in [0.4, 0.5) is 5.69 Å². The summed E-state index contributed by atoms with van der Waals surface area (Å²) < 4.78 is 0. The van der Waals surface area contributed by atoms with Crippen molar-refractivity contribution in [1.29, 1.82) is 0 Å². The number of nitrogens with zero attached hydrogens (tertiary/aromatic N) is 2. The minimum atomic E-state index is -0.328. The first-order chi connectivity index (χ1) is 11.3. The molecule has 3 heteroatoms. The number of aliphatic imine (C=N–C) groups is 1. The molecule has 1 atom stereocenters. The van der Waals surface area contributed by atoms with Gasteiger partial charge in [-0.3, -0.25) is 9.79 Å². The molecule has 0 saturated heterocycles. The molecular formula is C20H12N2O. The van der Waals surface area contributed by atoms with E-state index in [9.17, 15) is 4.79 Å². The first-order valence-electron chi connectivity index (χ1n) is 7.61. The molecule has 1 aliphatic heterocycles. The monoisotopic (exact) mass is 296 g/mol. The van der Waals surface area contributed by atoms with Crippen molar-refractivity contribution >= 4 is 40.2 Å². The summed E-state index contributed by atoms with van der Waals surface area (Å²) in [6.45, 7) is 0. The normalized spacial score (nSPS) is 18.2. The van der Waals surface area contributed by atoms with Gasteiger partial charge in [-0.05, 0) is 36.4 Å². The molecule has 2 aliphatic rings. The third-order valence-corrected chi connectivity index (χ3v) is 4.43. The van der Waals surface area contributed by atoms with Crippen molar-refractivity contribution in [1.82, 2.24) is 4.98 Å². The first-order valence-corrected chi connectivity index (χ1v) is 7.61. The van der Waals surface area contributed by atoms with Gasteiger partial charge in [0.15, 0.2) is 5.78 Å². The Labute approximate surface area is 132 Å². The van der Waals surface area contributed by atoms with Crippen LogP contribution in [-0.2, 0) is 0 Å². The Balaban J connectivity index is 1.82. The lowest BCUT2D eigenvalue weighted by Crippen LogP contribution is -2.39. The van der Waals surface area contributed by atoms with Gasteiger partial charge in [0.05, 0.1) is 28.2 Å². The molecule has 0 bridgehead atoms. The Kier molecular flexibility index (Phi) is 2.42. The van der Waals surface area contributed by atoms with Gasteiger partial charge in [0.1, 0.15) is 0 Å². The molecule has 0 saturated carbocycles. The Morgan fingerprint density at radius 1 is 0.957 bits per heavy atom. The number of benzene rings is 2. The van der Waals surface area contributed by atoms with Crippen LogP contribution >= 0.6 is 0 Å². The number of para-hydroxylation sites is 2. The van der Waals surface area contributed by atoms with Crippen LogP contribution in [0.1, 0.15) is 10.4 Å². The van der Waals surface area contributed by atoms with E-state index < -0.39 is 0 Å². The van der Waals surface area contributed by atoms with Crippen LogP contribution in [-0.4, -0.2) is 16.5 Å². The molecule has 2 heterocycles. The highest BCUT2D eigenvalue weighted by Gasteiger charge is 2.30. The number of pyridine rings is 1. The Bertz CT molecular complexity index is 1140. The molecule has 3 aromatic rings. The van der Waals surface area contributed by atoms with E-state index >= 15 is 0 Å². The quantitative estimate of drug-likeness (QED) is 0.639. The molecule has 23 heavy (non-hydrogen) atoms. The summed E-state index contributed by atoms with van der Waals surface area (Å²) in [5.74, 6) is -0.228. The van der Waals surface area contributed by atoms with Gasteiger partial charge in [0.2, 0.25) is 0 Å². The van der Waals surface area contributed by atoms with Crippen molar-refractivity contribution in [2.24, 2.45) is 10.9 Å². The smallest absolute Gasteiger partial charge is 0.177 e. The number of carbonyl (C=O) groups excluding carboxylic acids is 1. The first kappa shape index (κ1) is 12.5. The zero-order valence-electron chi connectivity index (χ0n) is 12.2. The molecule has 0 radical (unpaired) electrons. The van der Waals surface area contributed by atoms with E-state index in [1.165, 1.54) is 0 Å². The van der Waals surface area contributed by atoms with Crippen LogP contribution in [0.5, 0.6) is 0 Å². The molecular weight excluding hydrogens is 284 g/mol. The van der Waals surface area contributed by atoms with Crippen LogP contribution in [0.25, 0.3) is 23.1 Å². The predicted molar refractivity (Wildman–Crippen MR) is 91.3 cm³/mol. The van der Waals surface area contributed by atoms with Crippen molar-refractivity contribution in [3.05, 3.63) is 70.7 Å². The number of hydrogen-bond acceptors (Lipinski definition) is 3. The van der Waals surface area contributed by atoms with Crippen LogP contribution in [0.2, 0.25) is 0 Å². The number of carbonyl (C=O) groups is 1. The number of Topliss-reactive ketones (excluding diaryl/α,β-unsaturated/α-hetero) is 1. The van der Waals surface area contributed by atoms with Crippen molar-refractivity contribution in [3.8, 4) is 0 Å². The molecule has 2 aromatic carbocycles. The zero-order valence-corrected chi connectivity index (χ0v) is 12.2. The largest absolute Gasteiger partial charge is 0.293 e. The molecule has 1 aliphatic carbocycles. The minimum absolute atomic E-state index is 0.0995. The van der Waals surface area contributed by atoms with Crippen LogP contribution in [0.15, 0.2) is 59.6 Å². The average Bonchev–Trinajstić information content (AvgIpc) is 2.59. The Morgan fingerprint density at radius 3 is 2.74 bits per heavy atom. The van der Waals surface area contributed by atoms with Gasteiger partial charge < -0.3 is 0 Å². The fourth-order valence-corrected chi connectivity index (χ4v) is 3.29. The fraction of sp³-hybridized carbons (Fsp3) is 0.0500. The summed E-state index contributed by atoms with van der Waals surface area (Å²) in [7, 11) is 0. The zero-order chi connectivity index (χ0) is 15.4. The third kappa shape index (κ3) is 1.80. The third-order valence-electron chi connectivity index (χ3n) is 4.43. The van der Waals surface area contributed by atoms with E-state index in [1.807, 2.05) is 60.7 Å². The molecule has 3 nitrogen and oxygen atoms in total. The lowest BCUT2D eigenvalue weighted by Gasteiger charge is -2.21. The highest BCUT2D eigenvalue weighted by atomic mass is 16.1. The van der Waals surface area contributed by atoms with Gasteiger partial charge in [-0.15, -0.1) is 0 Å². The Morgan fingerprint density at radius 2 is 1.78 bits per heavy atom. The maximum Gasteiger partial charge on any atom is 0.177 e. The number of aromatic nitrogens is 1. The maximum atomic E-state index is 12.8. The summed E-state index contributed by atoms with van der Waals surface area (Å²) in [5, 5.41) is 2.98. The number of hydrogen-bond donors (Lipinski definition) is 0. The molecule has 0 amide bonds. The van der Waals surface area contributed by atoms with Gasteiger partial charge in [-0.2, -0.15) is 0 Å². The topological polar surface area (TPSA) is 42.3 Å². The van der Waals surface area contributed by atoms with Gasteiger partial charge in [-0.1, -0.05) is 30.3 Å². The van der Waals surface area contributed by atoms with Gasteiger partial charge in [-0.25, -0.2) is 4.98 Å². The number of ketones is 1. The molecule has 0 fully saturated rings. The van der Waals surface area contributed by atoms with Gasteiger partial charge >= 0.3 is 0 Å². The summed E-state index contributed by atoms with van der Waals surface area (Å²) in [4.78, 5) is 22.1. The second-order valence-corrected chi connectivity index (χ2v) is 5.86. The molecule has 0 spiro atoms. The average molecular weight is 296 g/mol. The Hall–Kier alpha value is -3.07. The van der Waals surface area contributed by atoms with Crippen LogP contribution in [0, 0.1) is 5.92 Å². The summed E-state index contributed by atoms with van der Waals surface area (Å²) in [5.41, 5.74) is 3.19. The minimum Gasteiger partial charge on any atom is -0.293 e. The van der Waals surface area contributed by atoms with E-state index in [4.69, 9.17) is 4.98 Å². The molecule has 5 rings (SSSR count). The van der Waals surface area contributed by atoms with E-state index in [2.05, 4.69) is 11.1 Å². The van der Waals surface area contributed by atoms with E-state index in [0.717, 1.165) is 32.9 Å². The summed E-state index contributed by atoms with van der Waals surface area (Å²) in [6.07, 6.45) is 3.94. The van der Waals surface area contributed by atoms with Crippen molar-refractivity contribution in [2.75, 3.05) is 0 Å². The van der Waals surface area contributed by atoms with Crippen LogP contribution in [0.3, 0.4) is 0 Å². The lowest BCUT2D eigenvalue weighted by atomic mass is 9.86. The fourth-order valence-electron chi connectivity index (χ4n) is 3.29. The van der Waals surface area contributed by atoms with E-state index in [0.29, 0.717) is 5.56 Å². The van der Waals surface area contributed by atoms with E-state index in [1.54, 1.807) is 0 Å². The summed E-state index contributed by atoms with van der Waals surface area (Å²) >= 11 is 0. The summed E-state index contributed by atoms with van der Waals surface area (Å²) in [6, 6.07) is 17.6. The van der Waals surface area contributed by atoms with Crippen molar-refractivity contribution < 1.29 is 4.79 Å². The molecule has 0 N–H and O–H groups in total. The maximum absolute atomic E-state index is 12.8. The number of rotatable bonds is 0. The van der Waals surface area contributed by atoms with Gasteiger partial charge in [0, 0.05) is 16.2 Å². The molecule has 108 valence electrons. The standard InChI is InChI=1S/C20H12N2O/c23-20-14-6-2-4-8-17(14)22-19-10-13-9-12-5-1-3-7-16(12)21-18(13)11-15(19)20/h1-11,15H. The van der Waals surface area contributed by atoms with Gasteiger partial charge in [0.25, 0.3) is 0 Å². The SMILES string of the molecule is O=C1c2ccccc2N=C2C=c3cc4ccccc4nc3=CC12. The number of fused-ring (bicyclic) bond motifs is 4. The van der Waals surface area contributed by atoms with Crippen molar-refractivity contribution in [2.45, 2.75) is 0 Å². The molecule has 1 unspecified atom stereocenters. The molecule has 1 aromatic heterocycles. The highest BCUT2D eigenvalue weighted by molar-refractivity contribution is 6.30. The predicted octanol–water partition coefficient (Wildman–Crippen LogP) is 2.39. The second kappa shape index (κ2) is 4.46. The second-order valence-electron chi connectivity index (χ2n) is 5.86. The van der Waals surface area contributed by atoms with E-state index in [-0.39, 0.29) is 11.7 Å². The van der Waals surface area contributed by atoms with Crippen molar-refractivity contribution in [3.63, 3.8) is 0 Å².